The van der Waals surface area contributed by atoms with Crippen molar-refractivity contribution in [2.24, 2.45) is 11.3 Å². The van der Waals surface area contributed by atoms with Crippen LogP contribution in [0.4, 0.5) is 10.9 Å². The largest absolute Gasteiger partial charge is 0.476 e. The summed E-state index contributed by atoms with van der Waals surface area (Å²) in [5.41, 5.74) is 3.69. The second kappa shape index (κ2) is 32.2. The molecule has 450 valence electrons. The van der Waals surface area contributed by atoms with Gasteiger partial charge in [-0.25, -0.2) is 14.8 Å². The molecule has 4 aromatic rings. The highest BCUT2D eigenvalue weighted by molar-refractivity contribution is 7.22. The fourth-order valence-electron chi connectivity index (χ4n) is 10.3. The number of para-hydroxylation sites is 1. The molecule has 5 N–H and O–H groups in total. The maximum absolute atomic E-state index is 13.7. The summed E-state index contributed by atoms with van der Waals surface area (Å²) in [4.78, 5) is 88.8. The van der Waals surface area contributed by atoms with Gasteiger partial charge in [-0.2, -0.15) is 0 Å². The molecule has 0 spiro atoms. The molecule has 5 amide bonds. The highest BCUT2D eigenvalue weighted by Gasteiger charge is 2.38. The number of carboxylic acids is 1. The van der Waals surface area contributed by atoms with Gasteiger partial charge in [0.15, 0.2) is 10.8 Å². The minimum Gasteiger partial charge on any atom is -0.476 e. The standard InChI is InChI=1S/C61H83N9O12S/c1-8-60(6,82-30-27-68(7)53(72)23-28-78-31-33-80-35-36-81-34-32-79-29-24-63-52(71)22-26-70-54(73)19-20-55(70)74)40-61(9-2,37-42(3)4)41-64-43(5)47(38-62)45-17-18-51(66-56(45)58(76)77)69-25-21-44-13-12-14-46(48(44)39-69)57(75)67-59-65-49-15-10-11-16-50(49)83-59/h10-20,38,42,62,64H,8-9,21-37,39-41H2,1-7H3,(H,63,71)(H,76,77)(H,65,67,75)/b47-43+,62-38?. The van der Waals surface area contributed by atoms with E-state index in [1.54, 1.807) is 30.1 Å². The summed E-state index contributed by atoms with van der Waals surface area (Å²) in [5, 5.41) is 28.9. The molecule has 2 aliphatic rings. The molecule has 0 bridgehead atoms. The van der Waals surface area contributed by atoms with Crippen molar-refractivity contribution >= 4 is 79.8 Å². The van der Waals surface area contributed by atoms with Crippen molar-refractivity contribution < 1.29 is 57.6 Å². The van der Waals surface area contributed by atoms with E-state index in [2.05, 4.69) is 55.6 Å². The van der Waals surface area contributed by atoms with Gasteiger partial charge in [0.1, 0.15) is 5.82 Å². The number of aromatic nitrogens is 2. The number of hydrogen-bond acceptors (Lipinski definition) is 17. The van der Waals surface area contributed by atoms with Crippen molar-refractivity contribution in [1.29, 1.82) is 5.41 Å². The van der Waals surface area contributed by atoms with Crippen LogP contribution in [-0.2, 0) is 55.8 Å². The van der Waals surface area contributed by atoms with Crippen molar-refractivity contribution in [1.82, 2.24) is 30.4 Å². The van der Waals surface area contributed by atoms with Crippen LogP contribution in [0, 0.1) is 16.7 Å². The molecule has 0 radical (unpaired) electrons. The van der Waals surface area contributed by atoms with Gasteiger partial charge in [0.05, 0.1) is 81.7 Å². The molecule has 83 heavy (non-hydrogen) atoms. The van der Waals surface area contributed by atoms with Gasteiger partial charge < -0.3 is 54.6 Å². The van der Waals surface area contributed by atoms with E-state index in [0.29, 0.717) is 131 Å². The molecule has 2 aromatic carbocycles. The van der Waals surface area contributed by atoms with Gasteiger partial charge in [-0.15, -0.1) is 0 Å². The average Bonchev–Trinajstić information content (AvgIpc) is 3.99. The molecular formula is C61H83N9O12S. The van der Waals surface area contributed by atoms with Crippen molar-refractivity contribution in [2.75, 3.05) is 109 Å². The number of allylic oxidation sites excluding steroid dienone is 2. The quantitative estimate of drug-likeness (QED) is 0.0166. The van der Waals surface area contributed by atoms with Crippen LogP contribution in [0.1, 0.15) is 118 Å². The first-order chi connectivity index (χ1) is 39.9. The fraction of sp³-hybridized carbons (Fsp3) is 0.525. The first kappa shape index (κ1) is 65.2. The van der Waals surface area contributed by atoms with Gasteiger partial charge in [-0.3, -0.25) is 34.2 Å². The number of amides is 5. The van der Waals surface area contributed by atoms with Crippen LogP contribution < -0.4 is 20.9 Å². The maximum Gasteiger partial charge on any atom is 0.355 e. The summed E-state index contributed by atoms with van der Waals surface area (Å²) in [5.74, 6) is -1.83. The van der Waals surface area contributed by atoms with Gasteiger partial charge in [0, 0.05) is 93.5 Å². The van der Waals surface area contributed by atoms with Crippen molar-refractivity contribution in [3.05, 3.63) is 100 Å². The SMILES string of the molecule is CCC(CN/C(C)=C(\C=N)c1ccc(N2CCc3cccc(C(=O)Nc4nc5ccccc5s4)c3C2)nc1C(=O)O)(CC(C)C)CC(C)(CC)OCCN(C)C(=O)CCOCCOCCOCCOCCNC(=O)CCN1C(=O)C=CC1=O. The zero-order chi connectivity index (χ0) is 59.9. The number of nitrogens with zero attached hydrogens (tertiary/aromatic N) is 5. The van der Waals surface area contributed by atoms with Crippen LogP contribution in [0.25, 0.3) is 15.8 Å². The Morgan fingerprint density at radius 3 is 2.18 bits per heavy atom. The van der Waals surface area contributed by atoms with Crippen LogP contribution in [0.15, 0.2) is 72.4 Å². The average molecular weight is 1170 g/mol. The van der Waals surface area contributed by atoms with Gasteiger partial charge in [0.2, 0.25) is 11.8 Å². The Labute approximate surface area is 491 Å². The third-order valence-electron chi connectivity index (χ3n) is 15.0. The van der Waals surface area contributed by atoms with E-state index in [4.69, 9.17) is 34.1 Å². The minimum absolute atomic E-state index is 0.0241. The number of pyridine rings is 1. The molecular weight excluding hydrogens is 1080 g/mol. The predicted octanol–water partition coefficient (Wildman–Crippen LogP) is 7.54. The molecule has 2 aliphatic heterocycles. The Morgan fingerprint density at radius 2 is 1.53 bits per heavy atom. The number of rotatable bonds is 37. The fourth-order valence-corrected chi connectivity index (χ4v) is 11.2. The Morgan fingerprint density at radius 1 is 0.843 bits per heavy atom. The number of imide groups is 1. The lowest BCUT2D eigenvalue weighted by atomic mass is 9.70. The molecule has 0 saturated heterocycles. The smallest absolute Gasteiger partial charge is 0.355 e. The number of ether oxygens (including phenoxy) is 5. The third kappa shape index (κ3) is 19.3. The van der Waals surface area contributed by atoms with Crippen molar-refractivity contribution in [2.45, 2.75) is 98.6 Å². The summed E-state index contributed by atoms with van der Waals surface area (Å²) in [6.07, 6.45) is 7.61. The van der Waals surface area contributed by atoms with Gasteiger partial charge in [-0.1, -0.05) is 63.3 Å². The molecule has 0 fully saturated rings. The molecule has 0 saturated carbocycles. The Kier molecular flexibility index (Phi) is 25.3. The number of carbonyl (C=O) groups excluding carboxylic acids is 5. The molecule has 2 unspecified atom stereocenters. The summed E-state index contributed by atoms with van der Waals surface area (Å²) in [6, 6.07) is 16.9. The second-order valence-corrected chi connectivity index (χ2v) is 22.6. The minimum atomic E-state index is -1.21. The van der Waals surface area contributed by atoms with Crippen LogP contribution in [0.2, 0.25) is 0 Å². The van der Waals surface area contributed by atoms with Gasteiger partial charge >= 0.3 is 5.97 Å². The molecule has 2 atom stereocenters. The second-order valence-electron chi connectivity index (χ2n) is 21.5. The van der Waals surface area contributed by atoms with E-state index in [1.165, 1.54) is 29.7 Å². The maximum atomic E-state index is 13.7. The lowest BCUT2D eigenvalue weighted by Crippen LogP contribution is -2.44. The molecule has 22 heteroatoms. The Balaban J connectivity index is 0.914. The zero-order valence-corrected chi connectivity index (χ0v) is 50.0. The van der Waals surface area contributed by atoms with Crippen LogP contribution >= 0.6 is 11.3 Å². The summed E-state index contributed by atoms with van der Waals surface area (Å²) in [7, 11) is 1.76. The molecule has 0 aliphatic carbocycles. The normalized spacial score (nSPS) is 15.0. The number of likely N-dealkylation sites (N-methyl/N-ethyl adjacent to an activating group) is 1. The number of carboxylic acid groups (broad SMARTS) is 1. The lowest BCUT2D eigenvalue weighted by Gasteiger charge is -2.43. The molecule has 6 rings (SSSR count). The number of thiazole rings is 1. The summed E-state index contributed by atoms with van der Waals surface area (Å²) >= 11 is 1.41. The number of hydrogen-bond donors (Lipinski definition) is 5. The van der Waals surface area contributed by atoms with Gasteiger partial charge in [-0.05, 0) is 98.7 Å². The predicted molar refractivity (Wildman–Crippen MR) is 320 cm³/mol. The topological polar surface area (TPSA) is 264 Å². The molecule has 2 aromatic heterocycles. The van der Waals surface area contributed by atoms with E-state index in [1.807, 2.05) is 48.2 Å². The van der Waals surface area contributed by atoms with Crippen LogP contribution in [0.5, 0.6) is 0 Å². The number of carbonyl (C=O) groups is 6. The highest BCUT2D eigenvalue weighted by atomic mass is 32.1. The lowest BCUT2D eigenvalue weighted by molar-refractivity contribution is -0.137. The zero-order valence-electron chi connectivity index (χ0n) is 49.1. The molecule has 21 nitrogen and oxygen atoms in total. The van der Waals surface area contributed by atoms with Crippen LogP contribution in [0.3, 0.4) is 0 Å². The number of fused-ring (bicyclic) bond motifs is 2. The van der Waals surface area contributed by atoms with Crippen molar-refractivity contribution in [3.63, 3.8) is 0 Å². The summed E-state index contributed by atoms with van der Waals surface area (Å²) < 4.78 is 29.8. The van der Waals surface area contributed by atoms with E-state index in [0.717, 1.165) is 51.9 Å². The number of nitrogens with one attached hydrogen (secondary N) is 4. The monoisotopic (exact) mass is 1170 g/mol. The van der Waals surface area contributed by atoms with Gasteiger partial charge in [0.25, 0.3) is 17.7 Å². The molecule has 4 heterocycles. The Hall–Kier alpha value is -6.95. The number of aromatic carboxylic acids is 1. The number of benzene rings is 2. The van der Waals surface area contributed by atoms with Crippen molar-refractivity contribution in [3.8, 4) is 0 Å². The van der Waals surface area contributed by atoms with E-state index in [-0.39, 0.29) is 54.8 Å². The van der Waals surface area contributed by atoms with E-state index >= 15 is 0 Å². The first-order valence-corrected chi connectivity index (χ1v) is 29.4. The summed E-state index contributed by atoms with van der Waals surface area (Å²) in [6.45, 7) is 17.9. The van der Waals surface area contributed by atoms with Crippen LogP contribution in [-0.4, -0.2) is 171 Å². The van der Waals surface area contributed by atoms with E-state index in [9.17, 15) is 33.9 Å². The first-order valence-electron chi connectivity index (χ1n) is 28.6. The third-order valence-corrected chi connectivity index (χ3v) is 16.0. The highest BCUT2D eigenvalue weighted by Crippen LogP contribution is 2.41. The Bertz CT molecular complexity index is 2900. The number of anilines is 2. The van der Waals surface area contributed by atoms with E-state index < -0.39 is 23.4 Å².